The largest absolute Gasteiger partial charge is 0.474 e. The molecule has 0 radical (unpaired) electrons. The Kier molecular flexibility index (Phi) is 4.35. The lowest BCUT2D eigenvalue weighted by Crippen LogP contribution is -2.29. The monoisotopic (exact) mass is 289 g/mol. The number of alkyl halides is 3. The summed E-state index contributed by atoms with van der Waals surface area (Å²) in [7, 11) is 1.47. The molecule has 2 rings (SSSR count). The molecule has 0 aliphatic heterocycles. The average Bonchev–Trinajstić information content (AvgIpc) is 2.40. The number of hydrogen-bond donors (Lipinski definition) is 1. The Hall–Kier alpha value is -1.53. The number of aromatic nitrogens is 2. The summed E-state index contributed by atoms with van der Waals surface area (Å²) in [6.07, 6.45) is -0.539. The second kappa shape index (κ2) is 5.85. The fraction of sp³-hybridized carbons (Fsp3) is 0.692. The summed E-state index contributed by atoms with van der Waals surface area (Å²) in [5.74, 6) is 0.222. The zero-order valence-electron chi connectivity index (χ0n) is 11.5. The number of rotatable bonds is 3. The maximum atomic E-state index is 12.8. The molecular weight excluding hydrogens is 271 g/mol. The molecule has 7 heteroatoms. The van der Waals surface area contributed by atoms with Crippen LogP contribution in [-0.2, 0) is 6.18 Å². The van der Waals surface area contributed by atoms with Gasteiger partial charge in [0.2, 0.25) is 11.8 Å². The van der Waals surface area contributed by atoms with Crippen LogP contribution in [0.5, 0.6) is 5.88 Å². The highest BCUT2D eigenvalue weighted by atomic mass is 19.4. The van der Waals surface area contributed by atoms with Crippen molar-refractivity contribution in [3.63, 3.8) is 0 Å². The molecular formula is C13H18F3N3O. The highest BCUT2D eigenvalue weighted by Crippen LogP contribution is 2.32. The summed E-state index contributed by atoms with van der Waals surface area (Å²) in [5.41, 5.74) is -0.990. The molecule has 1 aromatic rings. The van der Waals surface area contributed by atoms with Crippen LogP contribution >= 0.6 is 0 Å². The first-order chi connectivity index (χ1) is 9.40. The molecule has 1 fully saturated rings. The zero-order valence-corrected chi connectivity index (χ0v) is 11.5. The molecule has 4 nitrogen and oxygen atoms in total. The van der Waals surface area contributed by atoms with Crippen molar-refractivity contribution in [3.05, 3.63) is 11.8 Å². The molecule has 1 aromatic heterocycles. The Bertz CT molecular complexity index is 465. The van der Waals surface area contributed by atoms with E-state index in [1.807, 2.05) is 0 Å². The first-order valence-electron chi connectivity index (χ1n) is 6.71. The van der Waals surface area contributed by atoms with Crippen molar-refractivity contribution in [2.24, 2.45) is 5.92 Å². The van der Waals surface area contributed by atoms with Crippen molar-refractivity contribution >= 4 is 5.95 Å². The molecule has 20 heavy (non-hydrogen) atoms. The van der Waals surface area contributed by atoms with Gasteiger partial charge >= 0.3 is 6.18 Å². The molecule has 2 atom stereocenters. The normalized spacial score (nSPS) is 23.4. The molecule has 0 bridgehead atoms. The SMILES string of the molecule is CNc1nc(OC2CCCCC2C)cc(C(F)(F)F)n1. The minimum Gasteiger partial charge on any atom is -0.474 e. The fourth-order valence-electron chi connectivity index (χ4n) is 2.35. The summed E-state index contributed by atoms with van der Waals surface area (Å²) in [5, 5.41) is 2.53. The lowest BCUT2D eigenvalue weighted by atomic mass is 9.88. The molecule has 0 spiro atoms. The molecule has 1 aliphatic rings. The molecule has 112 valence electrons. The lowest BCUT2D eigenvalue weighted by Gasteiger charge is -2.29. The summed E-state index contributed by atoms with van der Waals surface area (Å²) >= 11 is 0. The van der Waals surface area contributed by atoms with E-state index in [1.54, 1.807) is 0 Å². The van der Waals surface area contributed by atoms with Gasteiger partial charge in [0.15, 0.2) is 5.69 Å². The highest BCUT2D eigenvalue weighted by molar-refractivity contribution is 5.31. The predicted octanol–water partition coefficient (Wildman–Crippen LogP) is 3.49. The van der Waals surface area contributed by atoms with Crippen molar-refractivity contribution in [3.8, 4) is 5.88 Å². The maximum absolute atomic E-state index is 12.8. The minimum atomic E-state index is -4.51. The Balaban J connectivity index is 2.22. The van der Waals surface area contributed by atoms with Gasteiger partial charge in [0.05, 0.1) is 0 Å². The maximum Gasteiger partial charge on any atom is 0.433 e. The van der Waals surface area contributed by atoms with Crippen molar-refractivity contribution < 1.29 is 17.9 Å². The van der Waals surface area contributed by atoms with E-state index in [0.717, 1.165) is 31.7 Å². The number of halogens is 3. The van der Waals surface area contributed by atoms with E-state index in [9.17, 15) is 13.2 Å². The molecule has 1 aliphatic carbocycles. The number of ether oxygens (including phenoxy) is 1. The van der Waals surface area contributed by atoms with Gasteiger partial charge in [-0.05, 0) is 25.2 Å². The first kappa shape index (κ1) is 14.9. The van der Waals surface area contributed by atoms with E-state index in [-0.39, 0.29) is 17.9 Å². The van der Waals surface area contributed by atoms with Gasteiger partial charge in [-0.25, -0.2) is 4.98 Å². The molecule has 2 unspecified atom stereocenters. The summed E-state index contributed by atoms with van der Waals surface area (Å²) in [4.78, 5) is 7.36. The fourth-order valence-corrected chi connectivity index (χ4v) is 2.35. The average molecular weight is 289 g/mol. The Morgan fingerprint density at radius 3 is 2.55 bits per heavy atom. The minimum absolute atomic E-state index is 0.0181. The molecule has 1 N–H and O–H groups in total. The lowest BCUT2D eigenvalue weighted by molar-refractivity contribution is -0.141. The van der Waals surface area contributed by atoms with E-state index in [2.05, 4.69) is 22.2 Å². The van der Waals surface area contributed by atoms with Gasteiger partial charge < -0.3 is 10.1 Å². The van der Waals surface area contributed by atoms with Crippen LogP contribution in [0.1, 0.15) is 38.3 Å². The zero-order chi connectivity index (χ0) is 14.8. The van der Waals surface area contributed by atoms with Gasteiger partial charge in [0.1, 0.15) is 6.10 Å². The van der Waals surface area contributed by atoms with Crippen LogP contribution in [0.2, 0.25) is 0 Å². The summed E-state index contributed by atoms with van der Waals surface area (Å²) in [6.45, 7) is 2.05. The quantitative estimate of drug-likeness (QED) is 0.925. The number of nitrogens with zero attached hydrogens (tertiary/aromatic N) is 2. The van der Waals surface area contributed by atoms with Crippen molar-refractivity contribution in [2.45, 2.75) is 44.9 Å². The van der Waals surface area contributed by atoms with Crippen molar-refractivity contribution in [1.29, 1.82) is 0 Å². The van der Waals surface area contributed by atoms with Crippen LogP contribution < -0.4 is 10.1 Å². The highest BCUT2D eigenvalue weighted by Gasteiger charge is 2.34. The Morgan fingerprint density at radius 2 is 1.95 bits per heavy atom. The summed E-state index contributed by atoms with van der Waals surface area (Å²) in [6, 6.07) is 0.863. The molecule has 1 saturated carbocycles. The molecule has 0 saturated heterocycles. The number of hydrogen-bond acceptors (Lipinski definition) is 4. The third-order valence-electron chi connectivity index (χ3n) is 3.52. The van der Waals surface area contributed by atoms with Gasteiger partial charge in [-0.15, -0.1) is 0 Å². The predicted molar refractivity (Wildman–Crippen MR) is 68.6 cm³/mol. The second-order valence-electron chi connectivity index (χ2n) is 5.08. The van der Waals surface area contributed by atoms with E-state index in [0.29, 0.717) is 5.92 Å². The molecule has 0 amide bonds. The van der Waals surface area contributed by atoms with Crippen LogP contribution in [0.4, 0.5) is 19.1 Å². The van der Waals surface area contributed by atoms with Crippen LogP contribution in [0.25, 0.3) is 0 Å². The van der Waals surface area contributed by atoms with Crippen LogP contribution in [0, 0.1) is 5.92 Å². The topological polar surface area (TPSA) is 47.0 Å². The van der Waals surface area contributed by atoms with E-state index in [1.165, 1.54) is 7.05 Å². The van der Waals surface area contributed by atoms with Gasteiger partial charge in [0.25, 0.3) is 0 Å². The van der Waals surface area contributed by atoms with Gasteiger partial charge in [0, 0.05) is 13.1 Å². The van der Waals surface area contributed by atoms with Crippen LogP contribution in [0.15, 0.2) is 6.07 Å². The first-order valence-corrected chi connectivity index (χ1v) is 6.71. The Morgan fingerprint density at radius 1 is 1.25 bits per heavy atom. The second-order valence-corrected chi connectivity index (χ2v) is 5.08. The standard InChI is InChI=1S/C13H18F3N3O/c1-8-5-3-4-6-9(8)20-11-7-10(13(14,15)16)18-12(17-2)19-11/h7-9H,3-6H2,1-2H3,(H,17,18,19). The van der Waals surface area contributed by atoms with Gasteiger partial charge in [-0.2, -0.15) is 18.2 Å². The van der Waals surface area contributed by atoms with Gasteiger partial charge in [-0.1, -0.05) is 13.3 Å². The van der Waals surface area contributed by atoms with E-state index >= 15 is 0 Å². The number of anilines is 1. The Labute approximate surface area is 115 Å². The smallest absolute Gasteiger partial charge is 0.433 e. The third kappa shape index (κ3) is 3.52. The molecule has 1 heterocycles. The van der Waals surface area contributed by atoms with Crippen molar-refractivity contribution in [2.75, 3.05) is 12.4 Å². The van der Waals surface area contributed by atoms with E-state index in [4.69, 9.17) is 4.74 Å². The van der Waals surface area contributed by atoms with Crippen LogP contribution in [-0.4, -0.2) is 23.1 Å². The van der Waals surface area contributed by atoms with Crippen LogP contribution in [0.3, 0.4) is 0 Å². The molecule has 0 aromatic carbocycles. The third-order valence-corrected chi connectivity index (χ3v) is 3.52. The van der Waals surface area contributed by atoms with Gasteiger partial charge in [-0.3, -0.25) is 0 Å². The number of nitrogens with one attached hydrogen (secondary N) is 1. The summed E-state index contributed by atoms with van der Waals surface area (Å²) < 4.78 is 44.0. The van der Waals surface area contributed by atoms with Crippen molar-refractivity contribution in [1.82, 2.24) is 9.97 Å². The van der Waals surface area contributed by atoms with E-state index < -0.39 is 11.9 Å².